The van der Waals surface area contributed by atoms with E-state index < -0.39 is 0 Å². The van der Waals surface area contributed by atoms with Gasteiger partial charge in [0.15, 0.2) is 0 Å². The van der Waals surface area contributed by atoms with Crippen LogP contribution >= 0.6 is 11.6 Å². The van der Waals surface area contributed by atoms with Gasteiger partial charge in [0.2, 0.25) is 0 Å². The Morgan fingerprint density at radius 1 is 1.40 bits per heavy atom. The molecule has 1 atom stereocenters. The molecule has 4 heteroatoms. The Kier molecular flexibility index (Phi) is 6.11. The first-order chi connectivity index (χ1) is 9.76. The van der Waals surface area contributed by atoms with Crippen LogP contribution in [0, 0.1) is 0 Å². The summed E-state index contributed by atoms with van der Waals surface area (Å²) in [7, 11) is 0. The number of rotatable bonds is 7. The number of hydrogen-bond donors (Lipinski definition) is 1. The van der Waals surface area contributed by atoms with Crippen LogP contribution in [0.5, 0.6) is 0 Å². The number of aryl methyl sites for hydroxylation is 1. The van der Waals surface area contributed by atoms with Gasteiger partial charge < -0.3 is 5.32 Å². The van der Waals surface area contributed by atoms with Gasteiger partial charge >= 0.3 is 0 Å². The van der Waals surface area contributed by atoms with E-state index in [1.165, 1.54) is 25.7 Å². The van der Waals surface area contributed by atoms with Crippen molar-refractivity contribution in [2.45, 2.75) is 65.0 Å². The molecule has 20 heavy (non-hydrogen) atoms. The van der Waals surface area contributed by atoms with E-state index in [0.717, 1.165) is 36.6 Å². The summed E-state index contributed by atoms with van der Waals surface area (Å²) >= 11 is 6.37. The van der Waals surface area contributed by atoms with E-state index in [9.17, 15) is 0 Å². The lowest BCUT2D eigenvalue weighted by Crippen LogP contribution is -2.25. The molecule has 0 spiro atoms. The molecule has 0 fully saturated rings. The molecule has 0 amide bonds. The van der Waals surface area contributed by atoms with Crippen LogP contribution in [0.4, 0.5) is 0 Å². The maximum absolute atomic E-state index is 6.37. The highest BCUT2D eigenvalue weighted by atomic mass is 35.5. The highest BCUT2D eigenvalue weighted by molar-refractivity contribution is 6.31. The normalized spacial score (nSPS) is 17.1. The molecular weight excluding hydrogens is 270 g/mol. The minimum Gasteiger partial charge on any atom is -0.308 e. The van der Waals surface area contributed by atoms with Crippen LogP contribution < -0.4 is 5.32 Å². The summed E-state index contributed by atoms with van der Waals surface area (Å²) in [6, 6.07) is 0.286. The second-order valence-electron chi connectivity index (χ2n) is 5.51. The van der Waals surface area contributed by atoms with Crippen molar-refractivity contribution < 1.29 is 0 Å². The van der Waals surface area contributed by atoms with Crippen molar-refractivity contribution in [3.05, 3.63) is 28.6 Å². The van der Waals surface area contributed by atoms with E-state index in [1.807, 2.05) is 4.68 Å². The molecule has 3 nitrogen and oxygen atoms in total. The molecule has 112 valence electrons. The van der Waals surface area contributed by atoms with Crippen molar-refractivity contribution in [3.8, 4) is 0 Å². The van der Waals surface area contributed by atoms with Crippen molar-refractivity contribution in [3.63, 3.8) is 0 Å². The predicted molar refractivity (Wildman–Crippen MR) is 85.1 cm³/mol. The molecular formula is C16H26ClN3. The second-order valence-corrected chi connectivity index (χ2v) is 5.92. The third kappa shape index (κ3) is 3.86. The summed E-state index contributed by atoms with van der Waals surface area (Å²) in [4.78, 5) is 0. The maximum Gasteiger partial charge on any atom is 0.0834 e. The van der Waals surface area contributed by atoms with Gasteiger partial charge in [0.1, 0.15) is 0 Å². The van der Waals surface area contributed by atoms with E-state index in [-0.39, 0.29) is 6.04 Å². The number of halogens is 1. The van der Waals surface area contributed by atoms with Crippen LogP contribution in [0.2, 0.25) is 5.02 Å². The highest BCUT2D eigenvalue weighted by Crippen LogP contribution is 2.31. The Labute approximate surface area is 127 Å². The number of nitrogens with one attached hydrogen (secondary N) is 1. The first-order valence-corrected chi connectivity index (χ1v) is 8.26. The number of nitrogens with zero attached hydrogens (tertiary/aromatic N) is 2. The summed E-state index contributed by atoms with van der Waals surface area (Å²) in [5.41, 5.74) is 2.72. The lowest BCUT2D eigenvalue weighted by atomic mass is 9.93. The molecule has 1 heterocycles. The molecule has 1 N–H and O–H groups in total. The topological polar surface area (TPSA) is 29.9 Å². The van der Waals surface area contributed by atoms with Crippen molar-refractivity contribution >= 4 is 11.6 Å². The Bertz CT molecular complexity index is 451. The Morgan fingerprint density at radius 2 is 2.25 bits per heavy atom. The van der Waals surface area contributed by atoms with E-state index in [2.05, 4.69) is 30.3 Å². The molecule has 1 aromatic rings. The third-order valence-electron chi connectivity index (χ3n) is 3.95. The van der Waals surface area contributed by atoms with Crippen LogP contribution in [0.25, 0.3) is 0 Å². The van der Waals surface area contributed by atoms with Gasteiger partial charge in [0, 0.05) is 6.54 Å². The molecule has 0 radical (unpaired) electrons. The zero-order chi connectivity index (χ0) is 14.4. The molecule has 0 saturated carbocycles. The highest BCUT2D eigenvalue weighted by Gasteiger charge is 2.21. The van der Waals surface area contributed by atoms with Crippen molar-refractivity contribution in [1.29, 1.82) is 0 Å². The fourth-order valence-corrected chi connectivity index (χ4v) is 3.18. The van der Waals surface area contributed by atoms with Gasteiger partial charge in [-0.2, -0.15) is 5.10 Å². The quantitative estimate of drug-likeness (QED) is 0.751. The fourth-order valence-electron chi connectivity index (χ4n) is 2.91. The van der Waals surface area contributed by atoms with E-state index in [4.69, 9.17) is 11.6 Å². The molecule has 0 saturated heterocycles. The van der Waals surface area contributed by atoms with Crippen molar-refractivity contribution in [2.75, 3.05) is 6.54 Å². The first-order valence-electron chi connectivity index (χ1n) is 7.88. The van der Waals surface area contributed by atoms with E-state index in [0.29, 0.717) is 0 Å². The maximum atomic E-state index is 6.37. The monoisotopic (exact) mass is 295 g/mol. The predicted octanol–water partition coefficient (Wildman–Crippen LogP) is 4.49. The van der Waals surface area contributed by atoms with Crippen molar-refractivity contribution in [2.24, 2.45) is 0 Å². The number of hydrogen-bond acceptors (Lipinski definition) is 2. The zero-order valence-electron chi connectivity index (χ0n) is 12.7. The van der Waals surface area contributed by atoms with Crippen LogP contribution in [-0.2, 0) is 6.54 Å². The molecule has 0 aromatic carbocycles. The molecule has 0 aliphatic heterocycles. The number of aromatic nitrogens is 2. The minimum atomic E-state index is 0.286. The van der Waals surface area contributed by atoms with E-state index >= 15 is 0 Å². The van der Waals surface area contributed by atoms with Crippen LogP contribution in [-0.4, -0.2) is 16.3 Å². The largest absolute Gasteiger partial charge is 0.308 e. The van der Waals surface area contributed by atoms with Gasteiger partial charge in [-0.25, -0.2) is 0 Å². The minimum absolute atomic E-state index is 0.286. The van der Waals surface area contributed by atoms with Gasteiger partial charge in [-0.3, -0.25) is 4.68 Å². The molecule has 1 aliphatic carbocycles. The zero-order valence-corrected chi connectivity index (χ0v) is 13.4. The average molecular weight is 296 g/mol. The average Bonchev–Trinajstić information content (AvgIpc) is 2.85. The summed E-state index contributed by atoms with van der Waals surface area (Å²) in [5.74, 6) is 0. The van der Waals surface area contributed by atoms with E-state index in [1.54, 1.807) is 11.8 Å². The fraction of sp³-hybridized carbons (Fsp3) is 0.688. The first kappa shape index (κ1) is 15.6. The van der Waals surface area contributed by atoms with Gasteiger partial charge in [0.05, 0.1) is 23.0 Å². The summed E-state index contributed by atoms with van der Waals surface area (Å²) in [6.45, 7) is 6.20. The molecule has 1 aromatic heterocycles. The van der Waals surface area contributed by atoms with Crippen LogP contribution in [0.15, 0.2) is 17.8 Å². The third-order valence-corrected chi connectivity index (χ3v) is 4.25. The molecule has 2 rings (SSSR count). The van der Waals surface area contributed by atoms with Gasteiger partial charge in [-0.05, 0) is 52.0 Å². The standard InChI is InChI=1S/C16H26ClN3/c1-3-10-18-15(11-13-8-6-5-7-9-13)16-14(17)12-19-20(16)4-2/h8,12,15,18H,3-7,9-11H2,1-2H3. The number of allylic oxidation sites excluding steroid dienone is 1. The molecule has 1 aliphatic rings. The Balaban J connectivity index is 2.17. The van der Waals surface area contributed by atoms with Crippen LogP contribution in [0.1, 0.15) is 64.1 Å². The lowest BCUT2D eigenvalue weighted by molar-refractivity contribution is 0.468. The lowest BCUT2D eigenvalue weighted by Gasteiger charge is -2.23. The Morgan fingerprint density at radius 3 is 2.90 bits per heavy atom. The summed E-state index contributed by atoms with van der Waals surface area (Å²) in [6.07, 6.45) is 11.5. The Hall–Kier alpha value is -0.800. The molecule has 0 bridgehead atoms. The van der Waals surface area contributed by atoms with Gasteiger partial charge in [-0.15, -0.1) is 0 Å². The molecule has 1 unspecified atom stereocenters. The van der Waals surface area contributed by atoms with Gasteiger partial charge in [0.25, 0.3) is 0 Å². The van der Waals surface area contributed by atoms with Gasteiger partial charge in [-0.1, -0.05) is 30.2 Å². The second kappa shape index (κ2) is 7.84. The van der Waals surface area contributed by atoms with Crippen LogP contribution in [0.3, 0.4) is 0 Å². The SMILES string of the molecule is CCCNC(CC1=CCCCC1)c1c(Cl)cnn1CC. The smallest absolute Gasteiger partial charge is 0.0834 e. The van der Waals surface area contributed by atoms with Crippen molar-refractivity contribution in [1.82, 2.24) is 15.1 Å². The summed E-state index contributed by atoms with van der Waals surface area (Å²) in [5, 5.41) is 8.82. The summed E-state index contributed by atoms with van der Waals surface area (Å²) < 4.78 is 2.03.